The molecule has 11 nitrogen and oxygen atoms in total. The number of hydrogen-bond donors (Lipinski definition) is 0. The molecule has 1 aliphatic heterocycles. The first-order valence-electron chi connectivity index (χ1n) is 16.4. The minimum atomic E-state index is -0.797. The van der Waals surface area contributed by atoms with E-state index in [1.807, 2.05) is 81.5 Å². The van der Waals surface area contributed by atoms with Crippen LogP contribution in [0.25, 0.3) is 11.0 Å². The third-order valence-corrected chi connectivity index (χ3v) is 9.20. The van der Waals surface area contributed by atoms with Gasteiger partial charge in [0.05, 0.1) is 17.5 Å². The van der Waals surface area contributed by atoms with E-state index in [0.29, 0.717) is 49.8 Å². The predicted octanol–water partition coefficient (Wildman–Crippen LogP) is 8.15. The quantitative estimate of drug-likeness (QED) is 0.178. The molecule has 1 saturated heterocycles. The molecule has 4 rings (SSSR count). The van der Waals surface area contributed by atoms with Crippen LogP contribution in [0.15, 0.2) is 28.6 Å². The Bertz CT molecular complexity index is 1470. The average molecular weight is 741 g/mol. The summed E-state index contributed by atoms with van der Waals surface area (Å²) in [5.41, 5.74) is 0.608. The van der Waals surface area contributed by atoms with Crippen LogP contribution in [0.3, 0.4) is 0 Å². The monoisotopic (exact) mass is 739 g/mol. The van der Waals surface area contributed by atoms with Gasteiger partial charge in [0.25, 0.3) is 0 Å². The van der Waals surface area contributed by atoms with Gasteiger partial charge in [0, 0.05) is 42.8 Å². The maximum absolute atomic E-state index is 13.7. The van der Waals surface area contributed by atoms with Gasteiger partial charge in [-0.1, -0.05) is 23.3 Å². The van der Waals surface area contributed by atoms with Crippen molar-refractivity contribution in [3.63, 3.8) is 0 Å². The van der Waals surface area contributed by atoms with E-state index in [2.05, 4.69) is 30.5 Å². The molecule has 4 atom stereocenters. The van der Waals surface area contributed by atoms with Gasteiger partial charge in [-0.2, -0.15) is 0 Å². The zero-order chi connectivity index (χ0) is 34.9. The van der Waals surface area contributed by atoms with Crippen LogP contribution in [0, 0.1) is 5.92 Å². The van der Waals surface area contributed by atoms with Crippen molar-refractivity contribution in [2.75, 3.05) is 26.2 Å². The second-order valence-corrected chi connectivity index (χ2v) is 16.2. The predicted molar refractivity (Wildman–Crippen MR) is 185 cm³/mol. The highest BCUT2D eigenvalue weighted by Crippen LogP contribution is 2.49. The minimum Gasteiger partial charge on any atom is -0.444 e. The van der Waals surface area contributed by atoms with E-state index in [1.165, 1.54) is 11.9 Å². The average Bonchev–Trinajstić information content (AvgIpc) is 3.55. The topological polar surface area (TPSA) is 108 Å². The summed E-state index contributed by atoms with van der Waals surface area (Å²) in [5, 5.41) is 1.11. The van der Waals surface area contributed by atoms with Crippen molar-refractivity contribution in [3.05, 3.63) is 33.8 Å². The number of aromatic nitrogens is 3. The summed E-state index contributed by atoms with van der Waals surface area (Å²) in [6.45, 7) is 20.8. The number of fused-ring (bicyclic) bond motifs is 2. The molecule has 2 aromatic rings. The van der Waals surface area contributed by atoms with Crippen LogP contribution in [-0.2, 0) is 18.9 Å². The van der Waals surface area contributed by atoms with Crippen molar-refractivity contribution in [3.8, 4) is 0 Å². The molecule has 13 heteroatoms. The van der Waals surface area contributed by atoms with Crippen molar-refractivity contribution < 1.29 is 28.5 Å². The van der Waals surface area contributed by atoms with Crippen LogP contribution in [-0.4, -0.2) is 91.9 Å². The summed E-state index contributed by atoms with van der Waals surface area (Å²) < 4.78 is 27.4. The minimum absolute atomic E-state index is 0.0628. The highest BCUT2D eigenvalue weighted by molar-refractivity contribution is 9.10. The summed E-state index contributed by atoms with van der Waals surface area (Å²) in [6, 6.07) is -0.121. The Kier molecular flexibility index (Phi) is 11.6. The Morgan fingerprint density at radius 1 is 1.04 bits per heavy atom. The summed E-state index contributed by atoms with van der Waals surface area (Å²) >= 11 is 10.1. The first-order valence-corrected chi connectivity index (χ1v) is 17.6. The molecule has 0 bridgehead atoms. The maximum Gasteiger partial charge on any atom is 0.410 e. The van der Waals surface area contributed by atoms with Crippen molar-refractivity contribution in [1.29, 1.82) is 0 Å². The highest BCUT2D eigenvalue weighted by Gasteiger charge is 2.55. The SMILES string of the molecule is C/C=C(\C)CCN(CCCN(C[C@H]1C[C@@H](n2cc(Br)c3c(Cl)ncnc32)[C@@H]2OC(C)(C)O[C@H]12)C(=O)OC(C)(C)C)C(=O)OC(C)(C)C. The summed E-state index contributed by atoms with van der Waals surface area (Å²) in [4.78, 5) is 39.0. The molecular formula is C34H51BrClN5O6. The lowest BCUT2D eigenvalue weighted by Gasteiger charge is -2.32. The Labute approximate surface area is 292 Å². The smallest absolute Gasteiger partial charge is 0.410 e. The van der Waals surface area contributed by atoms with Gasteiger partial charge in [0.15, 0.2) is 5.79 Å². The molecule has 1 saturated carbocycles. The van der Waals surface area contributed by atoms with Crippen molar-refractivity contribution in [1.82, 2.24) is 24.3 Å². The van der Waals surface area contributed by atoms with Gasteiger partial charge in [-0.3, -0.25) is 0 Å². The summed E-state index contributed by atoms with van der Waals surface area (Å²) in [7, 11) is 0. The number of nitrogens with zero attached hydrogens (tertiary/aromatic N) is 5. The van der Waals surface area contributed by atoms with E-state index in [9.17, 15) is 9.59 Å². The Hall–Kier alpha value is -2.41. The van der Waals surface area contributed by atoms with Crippen LogP contribution < -0.4 is 0 Å². The van der Waals surface area contributed by atoms with Gasteiger partial charge in [-0.15, -0.1) is 0 Å². The number of hydrogen-bond acceptors (Lipinski definition) is 8. The molecule has 2 amide bonds. The van der Waals surface area contributed by atoms with E-state index >= 15 is 0 Å². The number of halogens is 2. The van der Waals surface area contributed by atoms with E-state index < -0.39 is 23.1 Å². The molecule has 0 N–H and O–H groups in total. The number of rotatable bonds is 10. The third kappa shape index (κ3) is 9.61. The first kappa shape index (κ1) is 37.4. The standard InChI is InChI=1S/C34H51BrClN5O6/c1-11-21(2)13-16-39(30(42)46-32(3,4)5)14-12-15-40(31(43)47-33(6,7)8)18-22-17-24(27-26(22)44-34(9,10)45-27)41-19-23(35)25-28(36)37-20-38-29(25)41/h11,19-20,22,24,26-27H,12-18H2,1-10H3/b21-11+/t22-,24-,26-,27+/m1/s1. The number of allylic oxidation sites excluding steroid dienone is 1. The number of carbonyl (C=O) groups excluding carboxylic acids is 2. The molecule has 0 spiro atoms. The van der Waals surface area contributed by atoms with E-state index in [0.717, 1.165) is 16.3 Å². The summed E-state index contributed by atoms with van der Waals surface area (Å²) in [5.74, 6) is -0.860. The molecule has 3 heterocycles. The van der Waals surface area contributed by atoms with Crippen LogP contribution >= 0.6 is 27.5 Å². The first-order chi connectivity index (χ1) is 21.8. The van der Waals surface area contributed by atoms with Gasteiger partial charge >= 0.3 is 12.2 Å². The Morgan fingerprint density at radius 2 is 1.64 bits per heavy atom. The fraction of sp³-hybridized carbons (Fsp3) is 0.706. The molecular weight excluding hydrogens is 690 g/mol. The molecule has 0 aromatic carbocycles. The molecule has 2 fully saturated rings. The van der Waals surface area contributed by atoms with E-state index in [4.69, 9.17) is 30.5 Å². The van der Waals surface area contributed by atoms with Gasteiger partial charge in [0.1, 0.15) is 34.4 Å². The zero-order valence-corrected chi connectivity index (χ0v) is 31.8. The van der Waals surface area contributed by atoms with Crippen LogP contribution in [0.1, 0.15) is 94.5 Å². The van der Waals surface area contributed by atoms with Gasteiger partial charge in [0.2, 0.25) is 0 Å². The number of amides is 2. The van der Waals surface area contributed by atoms with Gasteiger partial charge in [-0.05, 0) is 104 Å². The zero-order valence-electron chi connectivity index (χ0n) is 29.4. The molecule has 0 radical (unpaired) electrons. The van der Waals surface area contributed by atoms with Crippen LogP contribution in [0.5, 0.6) is 0 Å². The Balaban J connectivity index is 1.56. The van der Waals surface area contributed by atoms with E-state index in [1.54, 1.807) is 9.80 Å². The molecule has 1 aliphatic carbocycles. The largest absolute Gasteiger partial charge is 0.444 e. The van der Waals surface area contributed by atoms with Gasteiger partial charge in [-0.25, -0.2) is 19.6 Å². The fourth-order valence-electron chi connectivity index (χ4n) is 6.16. The fourth-order valence-corrected chi connectivity index (χ4v) is 7.09. The Morgan fingerprint density at radius 3 is 2.26 bits per heavy atom. The molecule has 262 valence electrons. The van der Waals surface area contributed by atoms with Crippen LogP contribution in [0.2, 0.25) is 5.15 Å². The third-order valence-electron chi connectivity index (χ3n) is 8.31. The van der Waals surface area contributed by atoms with E-state index in [-0.39, 0.29) is 30.3 Å². The number of carbonyl (C=O) groups is 2. The molecule has 0 unspecified atom stereocenters. The van der Waals surface area contributed by atoms with Gasteiger partial charge < -0.3 is 33.3 Å². The summed E-state index contributed by atoms with van der Waals surface area (Å²) in [6.07, 6.45) is 6.13. The second-order valence-electron chi connectivity index (χ2n) is 15.0. The highest BCUT2D eigenvalue weighted by atomic mass is 79.9. The lowest BCUT2D eigenvalue weighted by Crippen LogP contribution is -2.44. The molecule has 2 aliphatic rings. The molecule has 47 heavy (non-hydrogen) atoms. The normalized spacial score (nSPS) is 22.8. The van der Waals surface area contributed by atoms with Crippen molar-refractivity contribution >= 4 is 50.8 Å². The number of ether oxygens (including phenoxy) is 4. The van der Waals surface area contributed by atoms with Crippen molar-refractivity contribution in [2.45, 2.75) is 124 Å². The second kappa shape index (κ2) is 14.6. The lowest BCUT2D eigenvalue weighted by molar-refractivity contribution is -0.160. The van der Waals surface area contributed by atoms with Crippen molar-refractivity contribution in [2.24, 2.45) is 5.92 Å². The van der Waals surface area contributed by atoms with Crippen LogP contribution in [0.4, 0.5) is 9.59 Å². The molecule has 2 aromatic heterocycles. The maximum atomic E-state index is 13.7. The lowest BCUT2D eigenvalue weighted by atomic mass is 10.0.